The van der Waals surface area contributed by atoms with E-state index in [1.54, 1.807) is 0 Å². The zero-order valence-electron chi connectivity index (χ0n) is 9.16. The van der Waals surface area contributed by atoms with Crippen LogP contribution in [0.1, 0.15) is 31.2 Å². The number of aliphatic hydroxyl groups is 2. The normalized spacial score (nSPS) is 14.8. The first kappa shape index (κ1) is 13.1. The van der Waals surface area contributed by atoms with Crippen molar-refractivity contribution < 1.29 is 19.0 Å². The van der Waals surface area contributed by atoms with Gasteiger partial charge in [-0.25, -0.2) is 8.78 Å². The molecule has 1 rings (SSSR count). The number of hydrogen-bond donors (Lipinski definition) is 2. The molecule has 0 saturated carbocycles. The van der Waals surface area contributed by atoms with Crippen molar-refractivity contribution in [3.63, 3.8) is 0 Å². The van der Waals surface area contributed by atoms with Gasteiger partial charge < -0.3 is 10.2 Å². The number of hydrogen-bond acceptors (Lipinski definition) is 2. The predicted octanol–water partition coefficient (Wildman–Crippen LogP) is 2.20. The molecule has 1 aromatic rings. The summed E-state index contributed by atoms with van der Waals surface area (Å²) in [6.07, 6.45) is -0.0854. The number of benzene rings is 1. The Morgan fingerprint density at radius 3 is 2.56 bits per heavy atom. The van der Waals surface area contributed by atoms with Crippen LogP contribution < -0.4 is 0 Å². The standard InChI is InChI=1S/C12H16F2O2/c1-2-8(6-9(16)7-15)10-4-3-5-11(13)12(10)14/h3-5,8-9,15-16H,2,6-7H2,1H3. The summed E-state index contributed by atoms with van der Waals surface area (Å²) >= 11 is 0. The molecule has 0 fully saturated rings. The Morgan fingerprint density at radius 2 is 2.00 bits per heavy atom. The quantitative estimate of drug-likeness (QED) is 0.814. The molecule has 0 spiro atoms. The van der Waals surface area contributed by atoms with E-state index in [4.69, 9.17) is 5.11 Å². The van der Waals surface area contributed by atoms with Crippen LogP contribution in [0.5, 0.6) is 0 Å². The van der Waals surface area contributed by atoms with Crippen molar-refractivity contribution in [1.29, 1.82) is 0 Å². The third-order valence-electron chi connectivity index (χ3n) is 2.68. The highest BCUT2D eigenvalue weighted by Gasteiger charge is 2.19. The van der Waals surface area contributed by atoms with Crippen LogP contribution in [0.25, 0.3) is 0 Å². The molecule has 0 aromatic heterocycles. The SMILES string of the molecule is CCC(CC(O)CO)c1cccc(F)c1F. The van der Waals surface area contributed by atoms with Crippen molar-refractivity contribution in [3.8, 4) is 0 Å². The van der Waals surface area contributed by atoms with Crippen molar-refractivity contribution in [2.24, 2.45) is 0 Å². The molecule has 0 radical (unpaired) electrons. The number of halogens is 2. The molecular formula is C12H16F2O2. The van der Waals surface area contributed by atoms with E-state index < -0.39 is 17.7 Å². The third kappa shape index (κ3) is 3.00. The fourth-order valence-corrected chi connectivity index (χ4v) is 1.75. The van der Waals surface area contributed by atoms with Gasteiger partial charge in [-0.15, -0.1) is 0 Å². The topological polar surface area (TPSA) is 40.5 Å². The summed E-state index contributed by atoms with van der Waals surface area (Å²) in [5.74, 6) is -2.02. The van der Waals surface area contributed by atoms with Crippen molar-refractivity contribution in [2.75, 3.05) is 6.61 Å². The van der Waals surface area contributed by atoms with Gasteiger partial charge in [0.05, 0.1) is 12.7 Å². The minimum Gasteiger partial charge on any atom is -0.394 e. The van der Waals surface area contributed by atoms with Gasteiger partial charge in [0.2, 0.25) is 0 Å². The van der Waals surface area contributed by atoms with Crippen LogP contribution in [0.15, 0.2) is 18.2 Å². The van der Waals surface area contributed by atoms with Crippen molar-refractivity contribution >= 4 is 0 Å². The van der Waals surface area contributed by atoms with Gasteiger partial charge in [-0.1, -0.05) is 19.1 Å². The molecule has 2 N–H and O–H groups in total. The molecule has 2 atom stereocenters. The summed E-state index contributed by atoms with van der Waals surface area (Å²) in [5.41, 5.74) is 0.259. The Kier molecular flexibility index (Phi) is 4.83. The third-order valence-corrected chi connectivity index (χ3v) is 2.68. The van der Waals surface area contributed by atoms with Crippen LogP contribution in [0.4, 0.5) is 8.78 Å². The lowest BCUT2D eigenvalue weighted by Crippen LogP contribution is -2.17. The van der Waals surface area contributed by atoms with E-state index in [1.165, 1.54) is 12.1 Å². The highest BCUT2D eigenvalue weighted by Crippen LogP contribution is 2.28. The van der Waals surface area contributed by atoms with Crippen LogP contribution in [-0.2, 0) is 0 Å². The second-order valence-electron chi connectivity index (χ2n) is 3.82. The number of aliphatic hydroxyl groups excluding tert-OH is 2. The van der Waals surface area contributed by atoms with Gasteiger partial charge in [0.25, 0.3) is 0 Å². The lowest BCUT2D eigenvalue weighted by atomic mass is 9.90. The second kappa shape index (κ2) is 5.92. The molecule has 0 amide bonds. The van der Waals surface area contributed by atoms with Crippen molar-refractivity contribution in [3.05, 3.63) is 35.4 Å². The lowest BCUT2D eigenvalue weighted by Gasteiger charge is -2.18. The predicted molar refractivity (Wildman–Crippen MR) is 57.1 cm³/mol. The summed E-state index contributed by atoms with van der Waals surface area (Å²) in [7, 11) is 0. The van der Waals surface area contributed by atoms with Gasteiger partial charge in [0.1, 0.15) is 0 Å². The van der Waals surface area contributed by atoms with Crippen molar-refractivity contribution in [1.82, 2.24) is 0 Å². The smallest absolute Gasteiger partial charge is 0.162 e. The summed E-state index contributed by atoms with van der Waals surface area (Å²) in [4.78, 5) is 0. The largest absolute Gasteiger partial charge is 0.394 e. The maximum atomic E-state index is 13.5. The zero-order chi connectivity index (χ0) is 12.1. The summed E-state index contributed by atoms with van der Waals surface area (Å²) in [6, 6.07) is 4.02. The highest BCUT2D eigenvalue weighted by molar-refractivity contribution is 5.23. The lowest BCUT2D eigenvalue weighted by molar-refractivity contribution is 0.0814. The molecule has 16 heavy (non-hydrogen) atoms. The van der Waals surface area contributed by atoms with E-state index >= 15 is 0 Å². The summed E-state index contributed by atoms with van der Waals surface area (Å²) in [6.45, 7) is 1.46. The molecule has 0 aliphatic rings. The minimum absolute atomic E-state index is 0.230. The molecular weight excluding hydrogens is 214 g/mol. The monoisotopic (exact) mass is 230 g/mol. The number of rotatable bonds is 5. The Hall–Kier alpha value is -1.00. The van der Waals surface area contributed by atoms with Crippen LogP contribution in [0.3, 0.4) is 0 Å². The van der Waals surface area contributed by atoms with E-state index in [1.807, 2.05) is 6.92 Å². The average molecular weight is 230 g/mol. The molecule has 0 bridgehead atoms. The van der Waals surface area contributed by atoms with Crippen LogP contribution in [-0.4, -0.2) is 22.9 Å². The maximum Gasteiger partial charge on any atom is 0.162 e. The van der Waals surface area contributed by atoms with Gasteiger partial charge in [-0.2, -0.15) is 0 Å². The molecule has 0 saturated heterocycles. The van der Waals surface area contributed by atoms with Crippen LogP contribution in [0.2, 0.25) is 0 Å². The van der Waals surface area contributed by atoms with E-state index in [-0.39, 0.29) is 24.5 Å². The molecule has 2 nitrogen and oxygen atoms in total. The van der Waals surface area contributed by atoms with Gasteiger partial charge >= 0.3 is 0 Å². The molecule has 0 aliphatic carbocycles. The molecule has 90 valence electrons. The molecule has 0 heterocycles. The van der Waals surface area contributed by atoms with Crippen LogP contribution >= 0.6 is 0 Å². The molecule has 0 aliphatic heterocycles. The van der Waals surface area contributed by atoms with E-state index in [9.17, 15) is 13.9 Å². The Labute approximate surface area is 93.5 Å². The highest BCUT2D eigenvalue weighted by atomic mass is 19.2. The zero-order valence-corrected chi connectivity index (χ0v) is 9.16. The van der Waals surface area contributed by atoms with E-state index in [0.29, 0.717) is 6.42 Å². The first-order valence-corrected chi connectivity index (χ1v) is 5.33. The summed E-state index contributed by atoms with van der Waals surface area (Å²) in [5, 5.41) is 18.0. The van der Waals surface area contributed by atoms with Crippen molar-refractivity contribution in [2.45, 2.75) is 31.8 Å². The van der Waals surface area contributed by atoms with E-state index in [2.05, 4.69) is 0 Å². The Balaban J connectivity index is 2.90. The molecule has 2 unspecified atom stereocenters. The van der Waals surface area contributed by atoms with Gasteiger partial charge in [0, 0.05) is 0 Å². The first-order valence-electron chi connectivity index (χ1n) is 5.33. The van der Waals surface area contributed by atoms with Gasteiger partial charge in [0.15, 0.2) is 11.6 Å². The molecule has 1 aromatic carbocycles. The van der Waals surface area contributed by atoms with E-state index in [0.717, 1.165) is 6.07 Å². The summed E-state index contributed by atoms with van der Waals surface area (Å²) < 4.78 is 26.5. The fraction of sp³-hybridized carbons (Fsp3) is 0.500. The minimum atomic E-state index is -0.896. The first-order chi connectivity index (χ1) is 7.60. The fourth-order valence-electron chi connectivity index (χ4n) is 1.75. The second-order valence-corrected chi connectivity index (χ2v) is 3.82. The van der Waals surface area contributed by atoms with Gasteiger partial charge in [-0.3, -0.25) is 0 Å². The Morgan fingerprint density at radius 1 is 1.31 bits per heavy atom. The van der Waals surface area contributed by atoms with Crippen LogP contribution in [0, 0.1) is 11.6 Å². The van der Waals surface area contributed by atoms with Gasteiger partial charge in [-0.05, 0) is 30.4 Å². The average Bonchev–Trinajstić information content (AvgIpc) is 2.29. The maximum absolute atomic E-state index is 13.5. The molecule has 4 heteroatoms. The Bertz CT molecular complexity index is 342.